The third-order valence-corrected chi connectivity index (χ3v) is 2.42. The highest BCUT2D eigenvalue weighted by atomic mass is 35.5. The molecule has 0 aliphatic heterocycles. The van der Waals surface area contributed by atoms with Crippen LogP contribution in [-0.2, 0) is 9.47 Å². The van der Waals surface area contributed by atoms with E-state index in [1.54, 1.807) is 14.2 Å². The van der Waals surface area contributed by atoms with Crippen molar-refractivity contribution in [3.8, 4) is 0 Å². The van der Waals surface area contributed by atoms with Gasteiger partial charge in [0.2, 0.25) is 0 Å². The maximum Gasteiger partial charge on any atom is 0.173 e. The largest absolute Gasteiger partial charge is 0.379 e. The zero-order valence-electron chi connectivity index (χ0n) is 9.21. The van der Waals surface area contributed by atoms with Crippen LogP contribution in [0.5, 0.6) is 0 Å². The van der Waals surface area contributed by atoms with E-state index in [0.29, 0.717) is 11.6 Å². The Bertz CT molecular complexity index is 313. The third-order valence-electron chi connectivity index (χ3n) is 2.11. The first-order valence-electron chi connectivity index (χ1n) is 4.73. The molecule has 84 valence electrons. The van der Waals surface area contributed by atoms with Gasteiger partial charge in [0.05, 0.1) is 17.3 Å². The number of aryl methyl sites for hydroxylation is 1. The molecule has 0 aromatic heterocycles. The highest BCUT2D eigenvalue weighted by molar-refractivity contribution is 6.33. The van der Waals surface area contributed by atoms with E-state index >= 15 is 0 Å². The third kappa shape index (κ3) is 3.70. The fourth-order valence-electron chi connectivity index (χ4n) is 1.22. The molecule has 0 radical (unpaired) electrons. The van der Waals surface area contributed by atoms with Gasteiger partial charge in [0, 0.05) is 14.2 Å². The number of methoxy groups -OCH3 is 2. The van der Waals surface area contributed by atoms with E-state index in [-0.39, 0.29) is 6.29 Å². The smallest absolute Gasteiger partial charge is 0.173 e. The standard InChI is InChI=1S/C11H16ClNO2/c1-8-4-5-10(9(12)6-8)13-7-11(14-2)15-3/h4-6,11,13H,7H2,1-3H3. The van der Waals surface area contributed by atoms with Crippen molar-refractivity contribution in [2.75, 3.05) is 26.1 Å². The Morgan fingerprint density at radius 1 is 1.33 bits per heavy atom. The number of rotatable bonds is 5. The Kier molecular flexibility index (Phi) is 4.88. The summed E-state index contributed by atoms with van der Waals surface area (Å²) >= 11 is 6.06. The van der Waals surface area contributed by atoms with E-state index < -0.39 is 0 Å². The van der Waals surface area contributed by atoms with Gasteiger partial charge in [-0.05, 0) is 24.6 Å². The topological polar surface area (TPSA) is 30.5 Å². The molecule has 0 bridgehead atoms. The molecule has 0 spiro atoms. The van der Waals surface area contributed by atoms with Crippen molar-refractivity contribution in [3.63, 3.8) is 0 Å². The van der Waals surface area contributed by atoms with Gasteiger partial charge >= 0.3 is 0 Å². The molecular weight excluding hydrogens is 214 g/mol. The van der Waals surface area contributed by atoms with E-state index in [9.17, 15) is 0 Å². The molecule has 1 aromatic rings. The number of ether oxygens (including phenoxy) is 2. The Hall–Kier alpha value is -0.770. The van der Waals surface area contributed by atoms with Crippen LogP contribution in [0, 0.1) is 6.92 Å². The first kappa shape index (κ1) is 12.3. The van der Waals surface area contributed by atoms with Crippen molar-refractivity contribution in [1.29, 1.82) is 0 Å². The number of hydrogen-bond donors (Lipinski definition) is 1. The SMILES string of the molecule is COC(CNc1ccc(C)cc1Cl)OC. The summed E-state index contributed by atoms with van der Waals surface area (Å²) in [5, 5.41) is 3.87. The first-order valence-corrected chi connectivity index (χ1v) is 5.10. The lowest BCUT2D eigenvalue weighted by Gasteiger charge is -2.15. The molecule has 1 rings (SSSR count). The summed E-state index contributed by atoms with van der Waals surface area (Å²) in [7, 11) is 3.21. The number of benzene rings is 1. The molecule has 0 fully saturated rings. The highest BCUT2D eigenvalue weighted by Crippen LogP contribution is 2.22. The minimum absolute atomic E-state index is 0.262. The number of anilines is 1. The van der Waals surface area contributed by atoms with Crippen LogP contribution in [0.4, 0.5) is 5.69 Å². The Balaban J connectivity index is 2.57. The van der Waals surface area contributed by atoms with Crippen molar-refractivity contribution >= 4 is 17.3 Å². The first-order chi connectivity index (χ1) is 7.17. The maximum absolute atomic E-state index is 6.06. The lowest BCUT2D eigenvalue weighted by atomic mass is 10.2. The van der Waals surface area contributed by atoms with Crippen LogP contribution in [0.15, 0.2) is 18.2 Å². The summed E-state index contributed by atoms with van der Waals surface area (Å²) in [4.78, 5) is 0. The second-order valence-corrected chi connectivity index (χ2v) is 3.67. The fourth-order valence-corrected chi connectivity index (χ4v) is 1.52. The molecule has 15 heavy (non-hydrogen) atoms. The second kappa shape index (κ2) is 5.95. The van der Waals surface area contributed by atoms with Crippen molar-refractivity contribution < 1.29 is 9.47 Å². The molecular formula is C11H16ClNO2. The van der Waals surface area contributed by atoms with Crippen molar-refractivity contribution in [1.82, 2.24) is 0 Å². The van der Waals surface area contributed by atoms with Crippen LogP contribution < -0.4 is 5.32 Å². The molecule has 0 aliphatic rings. The lowest BCUT2D eigenvalue weighted by molar-refractivity contribution is -0.0914. The molecule has 1 N–H and O–H groups in total. The van der Waals surface area contributed by atoms with Crippen LogP contribution >= 0.6 is 11.6 Å². The molecule has 0 unspecified atom stereocenters. The molecule has 0 saturated heterocycles. The van der Waals surface area contributed by atoms with E-state index in [1.807, 2.05) is 25.1 Å². The van der Waals surface area contributed by atoms with Crippen molar-refractivity contribution in [2.45, 2.75) is 13.2 Å². The summed E-state index contributed by atoms with van der Waals surface area (Å²) < 4.78 is 10.1. The summed E-state index contributed by atoms with van der Waals surface area (Å²) in [6.07, 6.45) is -0.262. The number of halogens is 1. The molecule has 0 heterocycles. The van der Waals surface area contributed by atoms with Crippen LogP contribution in [0.1, 0.15) is 5.56 Å². The normalized spacial score (nSPS) is 10.7. The summed E-state index contributed by atoms with van der Waals surface area (Å²) in [5.41, 5.74) is 2.03. The van der Waals surface area contributed by atoms with Gasteiger partial charge in [-0.1, -0.05) is 17.7 Å². The van der Waals surface area contributed by atoms with Crippen molar-refractivity contribution in [3.05, 3.63) is 28.8 Å². The van der Waals surface area contributed by atoms with Gasteiger partial charge in [0.15, 0.2) is 6.29 Å². The molecule has 4 heteroatoms. The minimum atomic E-state index is -0.262. The Morgan fingerprint density at radius 2 is 2.00 bits per heavy atom. The molecule has 3 nitrogen and oxygen atoms in total. The number of nitrogens with one attached hydrogen (secondary N) is 1. The summed E-state index contributed by atoms with van der Waals surface area (Å²) in [5.74, 6) is 0. The van der Waals surface area contributed by atoms with Gasteiger partial charge in [-0.3, -0.25) is 0 Å². The van der Waals surface area contributed by atoms with Gasteiger partial charge in [-0.2, -0.15) is 0 Å². The fraction of sp³-hybridized carbons (Fsp3) is 0.455. The van der Waals surface area contributed by atoms with Gasteiger partial charge in [0.25, 0.3) is 0 Å². The average Bonchev–Trinajstić information content (AvgIpc) is 2.22. The summed E-state index contributed by atoms with van der Waals surface area (Å²) in [6, 6.07) is 5.86. The predicted octanol–water partition coefficient (Wildman–Crippen LogP) is 2.68. The van der Waals surface area contributed by atoms with Crippen LogP contribution in [0.2, 0.25) is 5.02 Å². The maximum atomic E-state index is 6.06. The molecule has 1 aromatic carbocycles. The van der Waals surface area contributed by atoms with E-state index in [2.05, 4.69) is 5.32 Å². The van der Waals surface area contributed by atoms with Gasteiger partial charge in [-0.15, -0.1) is 0 Å². The van der Waals surface area contributed by atoms with E-state index in [4.69, 9.17) is 21.1 Å². The molecule has 0 aliphatic carbocycles. The monoisotopic (exact) mass is 229 g/mol. The van der Waals surface area contributed by atoms with Gasteiger partial charge < -0.3 is 14.8 Å². The van der Waals surface area contributed by atoms with E-state index in [0.717, 1.165) is 11.3 Å². The minimum Gasteiger partial charge on any atom is -0.379 e. The van der Waals surface area contributed by atoms with Crippen LogP contribution in [-0.4, -0.2) is 27.1 Å². The van der Waals surface area contributed by atoms with Crippen LogP contribution in [0.25, 0.3) is 0 Å². The zero-order valence-corrected chi connectivity index (χ0v) is 9.97. The zero-order chi connectivity index (χ0) is 11.3. The van der Waals surface area contributed by atoms with Gasteiger partial charge in [0.1, 0.15) is 0 Å². The second-order valence-electron chi connectivity index (χ2n) is 3.27. The molecule has 0 saturated carbocycles. The number of hydrogen-bond acceptors (Lipinski definition) is 3. The van der Waals surface area contributed by atoms with E-state index in [1.165, 1.54) is 0 Å². The quantitative estimate of drug-likeness (QED) is 0.788. The van der Waals surface area contributed by atoms with Crippen LogP contribution in [0.3, 0.4) is 0 Å². The average molecular weight is 230 g/mol. The van der Waals surface area contributed by atoms with Crippen molar-refractivity contribution in [2.24, 2.45) is 0 Å². The summed E-state index contributed by atoms with van der Waals surface area (Å²) in [6.45, 7) is 2.57. The molecule has 0 amide bonds. The Labute approximate surface area is 95.3 Å². The highest BCUT2D eigenvalue weighted by Gasteiger charge is 2.06. The molecule has 0 atom stereocenters. The predicted molar refractivity (Wildman–Crippen MR) is 62.5 cm³/mol. The Morgan fingerprint density at radius 3 is 2.53 bits per heavy atom. The lowest BCUT2D eigenvalue weighted by Crippen LogP contribution is -2.23. The van der Waals surface area contributed by atoms with Gasteiger partial charge in [-0.25, -0.2) is 0 Å².